The van der Waals surface area contributed by atoms with E-state index in [1.807, 2.05) is 0 Å². The van der Waals surface area contributed by atoms with Gasteiger partial charge in [0.25, 0.3) is 0 Å². The van der Waals surface area contributed by atoms with Gasteiger partial charge in [0.1, 0.15) is 0 Å². The molecule has 1 heterocycles. The van der Waals surface area contributed by atoms with Crippen LogP contribution in [0.15, 0.2) is 0 Å². The number of amides is 3. The Morgan fingerprint density at radius 1 is 1.12 bits per heavy atom. The van der Waals surface area contributed by atoms with Gasteiger partial charge in [0.05, 0.1) is 18.8 Å². The fourth-order valence-corrected chi connectivity index (χ4v) is 3.79. The first-order chi connectivity index (χ1) is 11.4. The van der Waals surface area contributed by atoms with Crippen molar-refractivity contribution in [1.82, 2.24) is 20.9 Å². The number of ether oxygens (including phenoxy) is 1. The van der Waals surface area contributed by atoms with Gasteiger partial charge >= 0.3 is 6.03 Å². The normalized spacial score (nSPS) is 23.3. The van der Waals surface area contributed by atoms with Gasteiger partial charge in [0.15, 0.2) is 0 Å². The Morgan fingerprint density at radius 3 is 2.46 bits per heavy atom. The van der Waals surface area contributed by atoms with E-state index in [0.29, 0.717) is 6.54 Å². The first-order valence-electron chi connectivity index (χ1n) is 8.98. The highest BCUT2D eigenvalue weighted by molar-refractivity contribution is 5.83. The molecule has 0 aromatic carbocycles. The SMILES string of the molecule is CNC(=O)CNC(=O)NCC1(N2CCOC(C)(C)C2)CCCCC1. The Hall–Kier alpha value is -1.34. The van der Waals surface area contributed by atoms with Crippen LogP contribution in [-0.2, 0) is 9.53 Å². The molecule has 7 nitrogen and oxygen atoms in total. The molecule has 0 aromatic rings. The lowest BCUT2D eigenvalue weighted by Crippen LogP contribution is -2.63. The molecule has 3 amide bonds. The maximum Gasteiger partial charge on any atom is 0.315 e. The smallest absolute Gasteiger partial charge is 0.315 e. The molecule has 1 saturated heterocycles. The minimum absolute atomic E-state index is 0.0000806. The monoisotopic (exact) mass is 340 g/mol. The number of carbonyl (C=O) groups excluding carboxylic acids is 2. The van der Waals surface area contributed by atoms with E-state index in [9.17, 15) is 9.59 Å². The average molecular weight is 340 g/mol. The fraction of sp³-hybridized carbons (Fsp3) is 0.882. The van der Waals surface area contributed by atoms with E-state index in [0.717, 1.165) is 32.5 Å². The van der Waals surface area contributed by atoms with Crippen molar-refractivity contribution in [3.8, 4) is 0 Å². The molecule has 24 heavy (non-hydrogen) atoms. The molecule has 1 saturated carbocycles. The number of carbonyl (C=O) groups is 2. The Labute approximate surface area is 144 Å². The molecule has 2 rings (SSSR count). The number of hydrogen-bond acceptors (Lipinski definition) is 4. The largest absolute Gasteiger partial charge is 0.373 e. The third-order valence-electron chi connectivity index (χ3n) is 5.15. The Kier molecular flexibility index (Phi) is 6.46. The molecular formula is C17H32N4O3. The van der Waals surface area contributed by atoms with E-state index in [1.165, 1.54) is 19.3 Å². The van der Waals surface area contributed by atoms with Gasteiger partial charge < -0.3 is 20.7 Å². The summed E-state index contributed by atoms with van der Waals surface area (Å²) in [6, 6.07) is -0.281. The summed E-state index contributed by atoms with van der Waals surface area (Å²) >= 11 is 0. The molecule has 0 aromatic heterocycles. The van der Waals surface area contributed by atoms with Crippen molar-refractivity contribution in [3.63, 3.8) is 0 Å². The second-order valence-corrected chi connectivity index (χ2v) is 7.52. The number of likely N-dealkylation sites (N-methyl/N-ethyl adjacent to an activating group) is 1. The Bertz CT molecular complexity index is 447. The minimum atomic E-state index is -0.281. The number of urea groups is 1. The lowest BCUT2D eigenvalue weighted by atomic mass is 9.79. The van der Waals surface area contributed by atoms with Gasteiger partial charge in [-0.05, 0) is 26.7 Å². The van der Waals surface area contributed by atoms with Crippen molar-refractivity contribution < 1.29 is 14.3 Å². The predicted octanol–water partition coefficient (Wildman–Crippen LogP) is 0.845. The van der Waals surface area contributed by atoms with Crippen LogP contribution in [-0.4, -0.2) is 67.8 Å². The molecule has 1 aliphatic heterocycles. The highest BCUT2D eigenvalue weighted by Gasteiger charge is 2.42. The Balaban J connectivity index is 1.95. The molecule has 138 valence electrons. The van der Waals surface area contributed by atoms with Crippen LogP contribution in [0.2, 0.25) is 0 Å². The standard InChI is InChI=1S/C17H32N4O3/c1-16(2)13-21(9-10-24-16)17(7-5-4-6-8-17)12-20-15(23)19-11-14(22)18-3/h4-13H2,1-3H3,(H,18,22)(H2,19,20,23). The van der Waals surface area contributed by atoms with Gasteiger partial charge in [-0.15, -0.1) is 0 Å². The van der Waals surface area contributed by atoms with Crippen molar-refractivity contribution >= 4 is 11.9 Å². The molecule has 7 heteroatoms. The lowest BCUT2D eigenvalue weighted by Gasteiger charge is -2.51. The van der Waals surface area contributed by atoms with Crippen molar-refractivity contribution in [2.75, 3.05) is 39.8 Å². The molecule has 0 unspecified atom stereocenters. The van der Waals surface area contributed by atoms with Crippen molar-refractivity contribution in [3.05, 3.63) is 0 Å². The van der Waals surface area contributed by atoms with Gasteiger partial charge in [0, 0.05) is 32.2 Å². The van der Waals surface area contributed by atoms with E-state index >= 15 is 0 Å². The number of morpholine rings is 1. The van der Waals surface area contributed by atoms with Crippen molar-refractivity contribution in [2.24, 2.45) is 0 Å². The predicted molar refractivity (Wildman–Crippen MR) is 92.9 cm³/mol. The third-order valence-corrected chi connectivity index (χ3v) is 5.15. The zero-order valence-electron chi connectivity index (χ0n) is 15.2. The van der Waals surface area contributed by atoms with Gasteiger partial charge in [-0.25, -0.2) is 4.79 Å². The summed E-state index contributed by atoms with van der Waals surface area (Å²) in [4.78, 5) is 25.7. The summed E-state index contributed by atoms with van der Waals surface area (Å²) in [7, 11) is 1.55. The van der Waals surface area contributed by atoms with Gasteiger partial charge in [-0.2, -0.15) is 0 Å². The van der Waals surface area contributed by atoms with Crippen LogP contribution in [0.3, 0.4) is 0 Å². The van der Waals surface area contributed by atoms with Crippen LogP contribution < -0.4 is 16.0 Å². The zero-order chi connectivity index (χ0) is 17.6. The average Bonchev–Trinajstić information content (AvgIpc) is 2.57. The fourth-order valence-electron chi connectivity index (χ4n) is 3.79. The highest BCUT2D eigenvalue weighted by Crippen LogP contribution is 2.35. The second kappa shape index (κ2) is 8.16. The Morgan fingerprint density at radius 2 is 1.83 bits per heavy atom. The summed E-state index contributed by atoms with van der Waals surface area (Å²) in [5.74, 6) is -0.201. The minimum Gasteiger partial charge on any atom is -0.373 e. The van der Waals surface area contributed by atoms with Crippen LogP contribution >= 0.6 is 0 Å². The molecule has 0 atom stereocenters. The van der Waals surface area contributed by atoms with Gasteiger partial charge in [-0.3, -0.25) is 9.69 Å². The van der Waals surface area contributed by atoms with E-state index in [4.69, 9.17) is 4.74 Å². The maximum atomic E-state index is 12.0. The van der Waals surface area contributed by atoms with Crippen LogP contribution in [0, 0.1) is 0 Å². The van der Waals surface area contributed by atoms with Gasteiger partial charge in [-0.1, -0.05) is 19.3 Å². The summed E-state index contributed by atoms with van der Waals surface area (Å²) in [5, 5.41) is 8.08. The van der Waals surface area contributed by atoms with E-state index < -0.39 is 0 Å². The number of nitrogens with zero attached hydrogens (tertiary/aromatic N) is 1. The van der Waals surface area contributed by atoms with E-state index in [2.05, 4.69) is 34.7 Å². The molecule has 2 fully saturated rings. The van der Waals surface area contributed by atoms with Crippen LogP contribution in [0.4, 0.5) is 4.79 Å². The number of rotatable bonds is 5. The van der Waals surface area contributed by atoms with Crippen LogP contribution in [0.5, 0.6) is 0 Å². The summed E-state index contributed by atoms with van der Waals surface area (Å²) < 4.78 is 5.85. The maximum absolute atomic E-state index is 12.0. The summed E-state index contributed by atoms with van der Waals surface area (Å²) in [6.07, 6.45) is 5.84. The summed E-state index contributed by atoms with van der Waals surface area (Å²) in [6.45, 7) is 7.39. The second-order valence-electron chi connectivity index (χ2n) is 7.52. The number of nitrogens with one attached hydrogen (secondary N) is 3. The first kappa shape index (κ1) is 19.0. The van der Waals surface area contributed by atoms with E-state index in [-0.39, 0.29) is 29.6 Å². The molecule has 0 radical (unpaired) electrons. The summed E-state index contributed by atoms with van der Waals surface area (Å²) in [5.41, 5.74) is -0.145. The topological polar surface area (TPSA) is 82.7 Å². The molecule has 3 N–H and O–H groups in total. The first-order valence-corrected chi connectivity index (χ1v) is 8.98. The quantitative estimate of drug-likeness (QED) is 0.693. The van der Waals surface area contributed by atoms with Crippen molar-refractivity contribution in [1.29, 1.82) is 0 Å². The zero-order valence-corrected chi connectivity index (χ0v) is 15.2. The third kappa shape index (κ3) is 5.08. The number of hydrogen-bond donors (Lipinski definition) is 3. The van der Waals surface area contributed by atoms with E-state index in [1.54, 1.807) is 7.05 Å². The van der Waals surface area contributed by atoms with Crippen LogP contribution in [0.1, 0.15) is 46.0 Å². The molecule has 0 spiro atoms. The van der Waals surface area contributed by atoms with Crippen LogP contribution in [0.25, 0.3) is 0 Å². The van der Waals surface area contributed by atoms with Crippen molar-refractivity contribution in [2.45, 2.75) is 57.1 Å². The highest BCUT2D eigenvalue weighted by atomic mass is 16.5. The lowest BCUT2D eigenvalue weighted by molar-refractivity contribution is -0.122. The molecule has 0 bridgehead atoms. The molecule has 1 aliphatic carbocycles. The van der Waals surface area contributed by atoms with Gasteiger partial charge in [0.2, 0.25) is 5.91 Å². The molecule has 2 aliphatic rings. The molecular weight excluding hydrogens is 308 g/mol.